The van der Waals surface area contributed by atoms with Gasteiger partial charge in [0.25, 0.3) is 0 Å². The number of rotatable bonds is 4. The fourth-order valence-corrected chi connectivity index (χ4v) is 4.75. The average Bonchev–Trinajstić information content (AvgIpc) is 2.98. The van der Waals surface area contributed by atoms with Crippen molar-refractivity contribution in [3.63, 3.8) is 0 Å². The molecule has 1 N–H and O–H groups in total. The monoisotopic (exact) mass is 393 g/mol. The lowest BCUT2D eigenvalue weighted by Crippen LogP contribution is -2.52. The summed E-state index contributed by atoms with van der Waals surface area (Å²) in [6.07, 6.45) is 9.40. The third kappa shape index (κ3) is 5.39. The summed E-state index contributed by atoms with van der Waals surface area (Å²) in [4.78, 5) is 40.8. The van der Waals surface area contributed by atoms with Crippen LogP contribution in [0, 0.1) is 5.92 Å². The molecule has 158 valence electrons. The van der Waals surface area contributed by atoms with Gasteiger partial charge < -0.3 is 19.9 Å². The van der Waals surface area contributed by atoms with Crippen molar-refractivity contribution in [1.29, 1.82) is 0 Å². The molecule has 1 saturated carbocycles. The summed E-state index contributed by atoms with van der Waals surface area (Å²) in [6, 6.07) is 0.417. The summed E-state index contributed by atoms with van der Waals surface area (Å²) in [6.45, 7) is 3.98. The van der Waals surface area contributed by atoms with Crippen LogP contribution in [0.4, 0.5) is 4.79 Å². The quantitative estimate of drug-likeness (QED) is 0.745. The van der Waals surface area contributed by atoms with Gasteiger partial charge in [0.05, 0.1) is 12.5 Å². The van der Waals surface area contributed by atoms with E-state index in [2.05, 4.69) is 5.32 Å². The van der Waals surface area contributed by atoms with E-state index in [1.807, 2.05) is 4.90 Å². The SMILES string of the molecule is CCOC(=O)N1CCC(NC(=O)C2CCC(=O)N(C3CCCCCC3)C2)CC1. The number of likely N-dealkylation sites (tertiary alicyclic amines) is 2. The van der Waals surface area contributed by atoms with Gasteiger partial charge in [-0.05, 0) is 39.0 Å². The first-order valence-corrected chi connectivity index (χ1v) is 11.1. The van der Waals surface area contributed by atoms with Crippen molar-refractivity contribution in [2.45, 2.75) is 83.2 Å². The zero-order chi connectivity index (χ0) is 19.9. The Bertz CT molecular complexity index is 552. The van der Waals surface area contributed by atoms with E-state index >= 15 is 0 Å². The van der Waals surface area contributed by atoms with Crippen molar-refractivity contribution >= 4 is 17.9 Å². The highest BCUT2D eigenvalue weighted by Gasteiger charge is 2.35. The predicted octanol–water partition coefficient (Wildman–Crippen LogP) is 2.68. The third-order valence-electron chi connectivity index (χ3n) is 6.45. The Balaban J connectivity index is 1.48. The van der Waals surface area contributed by atoms with Crippen molar-refractivity contribution in [3.05, 3.63) is 0 Å². The number of hydrogen-bond donors (Lipinski definition) is 1. The number of carbonyl (C=O) groups is 3. The van der Waals surface area contributed by atoms with Gasteiger partial charge >= 0.3 is 6.09 Å². The van der Waals surface area contributed by atoms with Crippen LogP contribution in [0.3, 0.4) is 0 Å². The van der Waals surface area contributed by atoms with Crippen molar-refractivity contribution in [1.82, 2.24) is 15.1 Å². The van der Waals surface area contributed by atoms with E-state index in [4.69, 9.17) is 4.74 Å². The normalized spacial score (nSPS) is 25.3. The molecule has 28 heavy (non-hydrogen) atoms. The van der Waals surface area contributed by atoms with E-state index < -0.39 is 0 Å². The Morgan fingerprint density at radius 2 is 1.71 bits per heavy atom. The summed E-state index contributed by atoms with van der Waals surface area (Å²) in [7, 11) is 0. The van der Waals surface area contributed by atoms with Crippen LogP contribution in [-0.2, 0) is 14.3 Å². The molecule has 7 heteroatoms. The molecule has 2 aliphatic heterocycles. The zero-order valence-corrected chi connectivity index (χ0v) is 17.2. The molecule has 0 aromatic carbocycles. The van der Waals surface area contributed by atoms with E-state index in [1.165, 1.54) is 25.7 Å². The van der Waals surface area contributed by atoms with Crippen molar-refractivity contribution in [2.24, 2.45) is 5.92 Å². The molecule has 3 rings (SSSR count). The van der Waals surface area contributed by atoms with Crippen LogP contribution in [0.5, 0.6) is 0 Å². The predicted molar refractivity (Wildman–Crippen MR) is 106 cm³/mol. The molecule has 7 nitrogen and oxygen atoms in total. The van der Waals surface area contributed by atoms with Gasteiger partial charge in [-0.3, -0.25) is 9.59 Å². The second-order valence-electron chi connectivity index (χ2n) is 8.40. The van der Waals surface area contributed by atoms with Crippen LogP contribution in [-0.4, -0.2) is 66.0 Å². The van der Waals surface area contributed by atoms with Crippen LogP contribution < -0.4 is 5.32 Å². The van der Waals surface area contributed by atoms with Crippen LogP contribution in [0.25, 0.3) is 0 Å². The van der Waals surface area contributed by atoms with E-state index in [1.54, 1.807) is 11.8 Å². The Morgan fingerprint density at radius 1 is 1.04 bits per heavy atom. The Morgan fingerprint density at radius 3 is 2.36 bits per heavy atom. The molecule has 0 radical (unpaired) electrons. The number of nitrogens with one attached hydrogen (secondary N) is 1. The minimum Gasteiger partial charge on any atom is -0.450 e. The first-order valence-electron chi connectivity index (χ1n) is 11.1. The van der Waals surface area contributed by atoms with Gasteiger partial charge in [0.2, 0.25) is 11.8 Å². The molecule has 1 aliphatic carbocycles. The van der Waals surface area contributed by atoms with Crippen LogP contribution in [0.1, 0.15) is 71.1 Å². The Labute approximate surface area is 168 Å². The van der Waals surface area contributed by atoms with E-state index in [-0.39, 0.29) is 29.9 Å². The lowest BCUT2D eigenvalue weighted by molar-refractivity contribution is -0.141. The van der Waals surface area contributed by atoms with Crippen LogP contribution in [0.2, 0.25) is 0 Å². The molecule has 2 heterocycles. The van der Waals surface area contributed by atoms with Gasteiger partial charge in [0, 0.05) is 38.1 Å². The van der Waals surface area contributed by atoms with Crippen molar-refractivity contribution in [2.75, 3.05) is 26.2 Å². The second kappa shape index (κ2) is 10.1. The molecular formula is C21H35N3O4. The number of carbonyl (C=O) groups excluding carboxylic acids is 3. The van der Waals surface area contributed by atoms with Gasteiger partial charge in [0.1, 0.15) is 0 Å². The number of hydrogen-bond acceptors (Lipinski definition) is 4. The van der Waals surface area contributed by atoms with Gasteiger partial charge in [0.15, 0.2) is 0 Å². The molecule has 3 amide bonds. The largest absolute Gasteiger partial charge is 0.450 e. The fraction of sp³-hybridized carbons (Fsp3) is 0.857. The topological polar surface area (TPSA) is 79.0 Å². The smallest absolute Gasteiger partial charge is 0.409 e. The van der Waals surface area contributed by atoms with Gasteiger partial charge in [-0.1, -0.05) is 25.7 Å². The molecule has 0 aromatic heterocycles. The van der Waals surface area contributed by atoms with E-state index in [9.17, 15) is 14.4 Å². The Hall–Kier alpha value is -1.79. The molecule has 3 aliphatic rings. The van der Waals surface area contributed by atoms with Crippen molar-refractivity contribution in [3.8, 4) is 0 Å². The minimum absolute atomic E-state index is 0.0701. The molecule has 1 unspecified atom stereocenters. The first-order chi connectivity index (χ1) is 13.6. The maximum Gasteiger partial charge on any atom is 0.409 e. The molecule has 0 bridgehead atoms. The van der Waals surface area contributed by atoms with Gasteiger partial charge in [-0.2, -0.15) is 0 Å². The highest BCUT2D eigenvalue weighted by molar-refractivity contribution is 5.84. The third-order valence-corrected chi connectivity index (χ3v) is 6.45. The second-order valence-corrected chi connectivity index (χ2v) is 8.40. The molecule has 0 aromatic rings. The van der Waals surface area contributed by atoms with Gasteiger partial charge in [-0.25, -0.2) is 4.79 Å². The molecular weight excluding hydrogens is 358 g/mol. The first kappa shape index (κ1) is 20.9. The van der Waals surface area contributed by atoms with Crippen molar-refractivity contribution < 1.29 is 19.1 Å². The van der Waals surface area contributed by atoms with Crippen LogP contribution in [0.15, 0.2) is 0 Å². The lowest BCUT2D eigenvalue weighted by Gasteiger charge is -2.38. The lowest BCUT2D eigenvalue weighted by atomic mass is 9.93. The summed E-state index contributed by atoms with van der Waals surface area (Å²) < 4.78 is 5.04. The summed E-state index contributed by atoms with van der Waals surface area (Å²) in [5, 5.41) is 3.18. The summed E-state index contributed by atoms with van der Waals surface area (Å²) >= 11 is 0. The standard InChI is InChI=1S/C21H35N3O4/c1-2-28-21(27)23-13-11-17(12-14-23)22-20(26)16-9-10-19(25)24(15-16)18-7-5-3-4-6-8-18/h16-18H,2-15H2,1H3,(H,22,26). The Kier molecular flexibility index (Phi) is 7.57. The minimum atomic E-state index is -0.267. The summed E-state index contributed by atoms with van der Waals surface area (Å²) in [5.74, 6) is 0.184. The number of ether oxygens (including phenoxy) is 1. The fourth-order valence-electron chi connectivity index (χ4n) is 4.75. The maximum absolute atomic E-state index is 12.8. The number of piperidine rings is 2. The molecule has 1 atom stereocenters. The maximum atomic E-state index is 12.8. The number of amides is 3. The molecule has 0 spiro atoms. The highest BCUT2D eigenvalue weighted by Crippen LogP contribution is 2.27. The average molecular weight is 394 g/mol. The van der Waals surface area contributed by atoms with E-state index in [0.717, 1.165) is 25.7 Å². The van der Waals surface area contributed by atoms with E-state index in [0.29, 0.717) is 45.1 Å². The number of nitrogens with zero attached hydrogens (tertiary/aromatic N) is 2. The zero-order valence-electron chi connectivity index (χ0n) is 17.2. The van der Waals surface area contributed by atoms with Gasteiger partial charge in [-0.15, -0.1) is 0 Å². The highest BCUT2D eigenvalue weighted by atomic mass is 16.6. The summed E-state index contributed by atoms with van der Waals surface area (Å²) in [5.41, 5.74) is 0. The van der Waals surface area contributed by atoms with Crippen LogP contribution >= 0.6 is 0 Å². The molecule has 2 saturated heterocycles. The molecule has 3 fully saturated rings.